The van der Waals surface area contributed by atoms with E-state index in [9.17, 15) is 19.7 Å². The van der Waals surface area contributed by atoms with Crippen molar-refractivity contribution in [3.8, 4) is 0 Å². The molecule has 4 rings (SSSR count). The lowest BCUT2D eigenvalue weighted by Gasteiger charge is -2.20. The molecule has 0 radical (unpaired) electrons. The fraction of sp³-hybridized carbons (Fsp3) is 0.240. The summed E-state index contributed by atoms with van der Waals surface area (Å²) in [5, 5.41) is 15.1. The second-order valence-corrected chi connectivity index (χ2v) is 7.90. The Hall–Kier alpha value is -4.27. The second-order valence-electron chi connectivity index (χ2n) is 7.90. The van der Waals surface area contributed by atoms with E-state index in [1.54, 1.807) is 4.90 Å². The van der Waals surface area contributed by atoms with E-state index in [1.807, 2.05) is 44.2 Å². The molecular weight excluding hydrogens is 436 g/mol. The minimum atomic E-state index is -0.524. The third-order valence-corrected chi connectivity index (χ3v) is 5.78. The summed E-state index contributed by atoms with van der Waals surface area (Å²) in [4.78, 5) is 37.7. The van der Waals surface area contributed by atoms with E-state index in [1.165, 1.54) is 24.3 Å². The Morgan fingerprint density at radius 1 is 1.12 bits per heavy atom. The molecule has 9 nitrogen and oxygen atoms in total. The third-order valence-electron chi connectivity index (χ3n) is 5.78. The number of para-hydroxylation sites is 1. The number of hydrazone groups is 1. The summed E-state index contributed by atoms with van der Waals surface area (Å²) in [5.41, 5.74) is 5.56. The largest absolute Gasteiger partial charge is 0.455 e. The minimum Gasteiger partial charge on any atom is -0.455 e. The maximum atomic E-state index is 13.3. The van der Waals surface area contributed by atoms with Gasteiger partial charge < -0.3 is 9.32 Å². The number of aryl methyl sites for hydroxylation is 1. The van der Waals surface area contributed by atoms with Crippen molar-refractivity contribution in [3.63, 3.8) is 0 Å². The molecule has 3 aromatic rings. The van der Waals surface area contributed by atoms with E-state index in [0.29, 0.717) is 36.4 Å². The maximum Gasteiger partial charge on any atom is 0.294 e. The predicted octanol–water partition coefficient (Wildman–Crippen LogP) is 4.63. The highest BCUT2D eigenvalue weighted by Gasteiger charge is 2.30. The third kappa shape index (κ3) is 4.45. The molecule has 9 heteroatoms. The van der Waals surface area contributed by atoms with Crippen LogP contribution in [0.2, 0.25) is 0 Å². The summed E-state index contributed by atoms with van der Waals surface area (Å²) >= 11 is 0. The van der Waals surface area contributed by atoms with Gasteiger partial charge in [-0.1, -0.05) is 18.2 Å². The zero-order chi connectivity index (χ0) is 24.2. The summed E-state index contributed by atoms with van der Waals surface area (Å²) < 4.78 is 6.01. The molecule has 0 saturated heterocycles. The Morgan fingerprint density at radius 2 is 1.82 bits per heavy atom. The zero-order valence-corrected chi connectivity index (χ0v) is 18.9. The molecule has 2 amide bonds. The molecular formula is C25H24N4O5. The van der Waals surface area contributed by atoms with E-state index in [0.717, 1.165) is 17.7 Å². The Bertz CT molecular complexity index is 1260. The topological polar surface area (TPSA) is 118 Å². The van der Waals surface area contributed by atoms with Gasteiger partial charge in [0.25, 0.3) is 17.5 Å². The van der Waals surface area contributed by atoms with Crippen LogP contribution < -0.4 is 10.3 Å². The molecule has 174 valence electrons. The van der Waals surface area contributed by atoms with Crippen LogP contribution >= 0.6 is 0 Å². The summed E-state index contributed by atoms with van der Waals surface area (Å²) in [6.07, 6.45) is 2.07. The first-order valence-electron chi connectivity index (χ1n) is 11.0. The van der Waals surface area contributed by atoms with E-state index in [4.69, 9.17) is 4.42 Å². The Morgan fingerprint density at radius 3 is 2.47 bits per heavy atom. The van der Waals surface area contributed by atoms with Gasteiger partial charge in [0.05, 0.1) is 10.6 Å². The summed E-state index contributed by atoms with van der Waals surface area (Å²) in [7, 11) is 0. The van der Waals surface area contributed by atoms with E-state index in [2.05, 4.69) is 10.5 Å². The molecule has 1 aromatic heterocycles. The van der Waals surface area contributed by atoms with Gasteiger partial charge in [0.2, 0.25) is 0 Å². The number of nitro benzene ring substituents is 1. The van der Waals surface area contributed by atoms with Crippen LogP contribution in [0.15, 0.2) is 64.1 Å². The molecule has 2 aromatic carbocycles. The Balaban J connectivity index is 1.58. The number of nitro groups is 1. The lowest BCUT2D eigenvalue weighted by Crippen LogP contribution is -2.30. The highest BCUT2D eigenvalue weighted by molar-refractivity contribution is 6.10. The maximum absolute atomic E-state index is 13.3. The molecule has 0 spiro atoms. The summed E-state index contributed by atoms with van der Waals surface area (Å²) in [6.45, 7) is 4.22. The van der Waals surface area contributed by atoms with Crippen molar-refractivity contribution < 1.29 is 18.9 Å². The number of rotatable bonds is 6. The van der Waals surface area contributed by atoms with Crippen molar-refractivity contribution in [1.29, 1.82) is 0 Å². The number of non-ortho nitro benzene ring substituents is 1. The molecule has 1 N–H and O–H groups in total. The van der Waals surface area contributed by atoms with Gasteiger partial charge in [0.15, 0.2) is 5.76 Å². The van der Waals surface area contributed by atoms with Gasteiger partial charge in [-0.15, -0.1) is 0 Å². The first-order valence-corrected chi connectivity index (χ1v) is 11.0. The van der Waals surface area contributed by atoms with Gasteiger partial charge in [0, 0.05) is 47.5 Å². The van der Waals surface area contributed by atoms with Crippen LogP contribution in [0.1, 0.15) is 57.6 Å². The number of anilines is 1. The number of carbonyl (C=O) groups is 2. The lowest BCUT2D eigenvalue weighted by atomic mass is 9.93. The molecule has 0 atom stereocenters. The number of hydrogen-bond acceptors (Lipinski definition) is 6. The lowest BCUT2D eigenvalue weighted by molar-refractivity contribution is -0.384. The first kappa shape index (κ1) is 22.9. The second kappa shape index (κ2) is 9.70. The van der Waals surface area contributed by atoms with Crippen molar-refractivity contribution in [2.75, 3.05) is 11.4 Å². The first-order chi connectivity index (χ1) is 16.4. The normalized spacial score (nSPS) is 13.9. The molecule has 0 bridgehead atoms. The average Bonchev–Trinajstić information content (AvgIpc) is 3.20. The number of furan rings is 1. The van der Waals surface area contributed by atoms with Gasteiger partial charge in [-0.3, -0.25) is 19.7 Å². The molecule has 1 aliphatic carbocycles. The van der Waals surface area contributed by atoms with Crippen molar-refractivity contribution >= 4 is 28.9 Å². The Labute approximate surface area is 196 Å². The van der Waals surface area contributed by atoms with Gasteiger partial charge >= 0.3 is 0 Å². The van der Waals surface area contributed by atoms with Crippen LogP contribution in [0.3, 0.4) is 0 Å². The van der Waals surface area contributed by atoms with Crippen LogP contribution in [-0.4, -0.2) is 29.0 Å². The number of nitrogens with zero attached hydrogens (tertiary/aromatic N) is 3. The quantitative estimate of drug-likeness (QED) is 0.425. The standard InChI is InChI=1S/C25H24N4O5/c1-3-28(18-8-5-4-6-9-18)25(31)23-16(2)22-20(10-7-11-21(22)34-23)26-27-24(30)17-12-14-19(15-13-17)29(32)33/h4-6,8-9,12-15H,3,7,10-11H2,1-2H3,(H,27,30)/b26-20+. The number of hydrogen-bond donors (Lipinski definition) is 1. The van der Waals surface area contributed by atoms with Gasteiger partial charge in [-0.25, -0.2) is 5.43 Å². The fourth-order valence-electron chi connectivity index (χ4n) is 4.08. The molecule has 0 saturated carbocycles. The van der Waals surface area contributed by atoms with Crippen molar-refractivity contribution in [1.82, 2.24) is 5.43 Å². The molecule has 0 fully saturated rings. The molecule has 1 heterocycles. The Kier molecular flexibility index (Phi) is 6.53. The number of fused-ring (bicyclic) bond motifs is 1. The molecule has 0 unspecified atom stereocenters. The van der Waals surface area contributed by atoms with Crippen LogP contribution in [0, 0.1) is 17.0 Å². The molecule has 1 aliphatic rings. The average molecular weight is 460 g/mol. The van der Waals surface area contributed by atoms with Crippen molar-refractivity contribution in [2.24, 2.45) is 5.10 Å². The SMILES string of the molecule is CCN(C(=O)c1oc2c(c1C)/C(=N/NC(=O)c1ccc([N+](=O)[O-])cc1)CCC2)c1ccccc1. The monoisotopic (exact) mass is 460 g/mol. The van der Waals surface area contributed by atoms with Crippen molar-refractivity contribution in [3.05, 3.63) is 92.9 Å². The zero-order valence-electron chi connectivity index (χ0n) is 18.9. The fourth-order valence-corrected chi connectivity index (χ4v) is 4.08. The van der Waals surface area contributed by atoms with Crippen LogP contribution in [0.5, 0.6) is 0 Å². The highest BCUT2D eigenvalue weighted by Crippen LogP contribution is 2.31. The van der Waals surface area contributed by atoms with E-state index < -0.39 is 10.8 Å². The predicted molar refractivity (Wildman–Crippen MR) is 127 cm³/mol. The van der Waals surface area contributed by atoms with Crippen LogP contribution in [0.25, 0.3) is 0 Å². The number of nitrogens with one attached hydrogen (secondary N) is 1. The minimum absolute atomic E-state index is 0.0948. The van der Waals surface area contributed by atoms with Gasteiger partial charge in [-0.05, 0) is 51.0 Å². The van der Waals surface area contributed by atoms with E-state index in [-0.39, 0.29) is 22.9 Å². The van der Waals surface area contributed by atoms with Gasteiger partial charge in [-0.2, -0.15) is 5.10 Å². The summed E-state index contributed by atoms with van der Waals surface area (Å²) in [5.74, 6) is 0.245. The molecule has 34 heavy (non-hydrogen) atoms. The number of amides is 2. The smallest absolute Gasteiger partial charge is 0.294 e. The van der Waals surface area contributed by atoms with Crippen molar-refractivity contribution in [2.45, 2.75) is 33.1 Å². The van der Waals surface area contributed by atoms with Crippen LogP contribution in [0.4, 0.5) is 11.4 Å². The highest BCUT2D eigenvalue weighted by atomic mass is 16.6. The molecule has 0 aliphatic heterocycles. The van der Waals surface area contributed by atoms with E-state index >= 15 is 0 Å². The number of carbonyl (C=O) groups excluding carboxylic acids is 2. The summed E-state index contributed by atoms with van der Waals surface area (Å²) in [6, 6.07) is 14.7. The van der Waals surface area contributed by atoms with Crippen LogP contribution in [-0.2, 0) is 6.42 Å². The van der Waals surface area contributed by atoms with Gasteiger partial charge in [0.1, 0.15) is 5.76 Å². The number of benzene rings is 2.